The van der Waals surface area contributed by atoms with Crippen LogP contribution in [-0.4, -0.2) is 15.8 Å². The van der Waals surface area contributed by atoms with Crippen molar-refractivity contribution in [3.63, 3.8) is 0 Å². The number of nitrogens with one attached hydrogen (secondary N) is 1. The third-order valence-electron chi connectivity index (χ3n) is 2.99. The van der Waals surface area contributed by atoms with Gasteiger partial charge in [0.2, 0.25) is 0 Å². The topological polar surface area (TPSA) is 29.9 Å². The van der Waals surface area contributed by atoms with E-state index in [0.29, 0.717) is 0 Å². The van der Waals surface area contributed by atoms with E-state index in [1.54, 1.807) is 0 Å². The maximum atomic E-state index is 4.39. The molecule has 0 bridgehead atoms. The fraction of sp³-hybridized carbons (Fsp3) is 0.615. The molecule has 0 spiro atoms. The van der Waals surface area contributed by atoms with Crippen molar-refractivity contribution in [2.24, 2.45) is 0 Å². The molecule has 3 nitrogen and oxygen atoms in total. The Morgan fingerprint density at radius 1 is 1.56 bits per heavy atom. The summed E-state index contributed by atoms with van der Waals surface area (Å²) in [7, 11) is 0. The van der Waals surface area contributed by atoms with E-state index < -0.39 is 0 Å². The SMILES string of the molecule is CC#CCCn1ncc(CNC2CC2)c1C. The summed E-state index contributed by atoms with van der Waals surface area (Å²) in [5.74, 6) is 5.98. The first-order chi connectivity index (χ1) is 7.81. The van der Waals surface area contributed by atoms with E-state index in [-0.39, 0.29) is 0 Å². The number of rotatable bonds is 5. The van der Waals surface area contributed by atoms with Gasteiger partial charge in [-0.2, -0.15) is 5.10 Å². The number of hydrogen-bond donors (Lipinski definition) is 1. The van der Waals surface area contributed by atoms with Gasteiger partial charge in [-0.05, 0) is 26.7 Å². The van der Waals surface area contributed by atoms with Gasteiger partial charge in [0.25, 0.3) is 0 Å². The van der Waals surface area contributed by atoms with Crippen LogP contribution in [0.25, 0.3) is 0 Å². The van der Waals surface area contributed by atoms with Gasteiger partial charge in [0.05, 0.1) is 12.7 Å². The molecule has 0 aliphatic heterocycles. The standard InChI is InChI=1S/C13H19N3/c1-3-4-5-8-16-11(2)12(10-15-16)9-14-13-6-7-13/h10,13-14H,5-9H2,1-2H3. The molecule has 16 heavy (non-hydrogen) atoms. The van der Waals surface area contributed by atoms with Crippen LogP contribution in [0.5, 0.6) is 0 Å². The van der Waals surface area contributed by atoms with E-state index in [9.17, 15) is 0 Å². The molecule has 2 rings (SSSR count). The summed E-state index contributed by atoms with van der Waals surface area (Å²) >= 11 is 0. The molecular weight excluding hydrogens is 198 g/mol. The second-order valence-corrected chi connectivity index (χ2v) is 4.31. The van der Waals surface area contributed by atoms with E-state index in [4.69, 9.17) is 0 Å². The molecule has 1 aromatic heterocycles. The lowest BCUT2D eigenvalue weighted by Crippen LogP contribution is -2.15. The highest BCUT2D eigenvalue weighted by molar-refractivity contribution is 5.16. The van der Waals surface area contributed by atoms with Crippen LogP contribution in [0.3, 0.4) is 0 Å². The molecule has 1 saturated carbocycles. The maximum Gasteiger partial charge on any atom is 0.0537 e. The molecule has 1 fully saturated rings. The monoisotopic (exact) mass is 217 g/mol. The third kappa shape index (κ3) is 2.86. The van der Waals surface area contributed by atoms with Gasteiger partial charge >= 0.3 is 0 Å². The summed E-state index contributed by atoms with van der Waals surface area (Å²) in [6.07, 6.45) is 5.52. The van der Waals surface area contributed by atoms with Gasteiger partial charge in [-0.1, -0.05) is 0 Å². The summed E-state index contributed by atoms with van der Waals surface area (Å²) in [6, 6.07) is 0.758. The van der Waals surface area contributed by atoms with E-state index in [1.807, 2.05) is 17.8 Å². The molecule has 0 saturated heterocycles. The number of hydrogen-bond acceptors (Lipinski definition) is 2. The number of nitrogens with zero attached hydrogens (tertiary/aromatic N) is 2. The van der Waals surface area contributed by atoms with Gasteiger partial charge in [-0.25, -0.2) is 0 Å². The fourth-order valence-corrected chi connectivity index (χ4v) is 1.71. The number of aryl methyl sites for hydroxylation is 1. The Kier molecular flexibility index (Phi) is 3.63. The van der Waals surface area contributed by atoms with E-state index in [0.717, 1.165) is 25.6 Å². The molecule has 1 aliphatic rings. The normalized spacial score (nSPS) is 14.6. The minimum Gasteiger partial charge on any atom is -0.310 e. The summed E-state index contributed by atoms with van der Waals surface area (Å²) < 4.78 is 2.05. The maximum absolute atomic E-state index is 4.39. The minimum absolute atomic E-state index is 0.758. The zero-order chi connectivity index (χ0) is 11.4. The van der Waals surface area contributed by atoms with Crippen molar-refractivity contribution in [1.82, 2.24) is 15.1 Å². The largest absolute Gasteiger partial charge is 0.310 e. The van der Waals surface area contributed by atoms with Crippen molar-refractivity contribution >= 4 is 0 Å². The van der Waals surface area contributed by atoms with Gasteiger partial charge in [0.15, 0.2) is 0 Å². The van der Waals surface area contributed by atoms with Crippen LogP contribution in [0, 0.1) is 18.8 Å². The van der Waals surface area contributed by atoms with Gasteiger partial charge in [0, 0.05) is 30.3 Å². The van der Waals surface area contributed by atoms with Crippen molar-refractivity contribution in [2.45, 2.75) is 52.2 Å². The Balaban J connectivity index is 1.89. The highest BCUT2D eigenvalue weighted by Gasteiger charge is 2.20. The first-order valence-electron chi connectivity index (χ1n) is 5.95. The van der Waals surface area contributed by atoms with Gasteiger partial charge in [-0.3, -0.25) is 4.68 Å². The average Bonchev–Trinajstić information content (AvgIpc) is 3.04. The molecule has 0 amide bonds. The second-order valence-electron chi connectivity index (χ2n) is 4.31. The van der Waals surface area contributed by atoms with Crippen LogP contribution < -0.4 is 5.32 Å². The summed E-state index contributed by atoms with van der Waals surface area (Å²) in [4.78, 5) is 0. The highest BCUT2D eigenvalue weighted by atomic mass is 15.3. The molecule has 1 heterocycles. The molecule has 0 aromatic carbocycles. The summed E-state index contributed by atoms with van der Waals surface area (Å²) in [5, 5.41) is 7.91. The van der Waals surface area contributed by atoms with E-state index >= 15 is 0 Å². The Hall–Kier alpha value is -1.27. The van der Waals surface area contributed by atoms with Crippen molar-refractivity contribution in [3.05, 3.63) is 17.5 Å². The van der Waals surface area contributed by atoms with Crippen LogP contribution in [-0.2, 0) is 13.1 Å². The summed E-state index contributed by atoms with van der Waals surface area (Å²) in [6.45, 7) is 5.86. The molecule has 1 aromatic rings. The van der Waals surface area contributed by atoms with Crippen LogP contribution in [0.2, 0.25) is 0 Å². The van der Waals surface area contributed by atoms with Crippen molar-refractivity contribution in [2.75, 3.05) is 0 Å². The minimum atomic E-state index is 0.758. The van der Waals surface area contributed by atoms with Gasteiger partial charge in [-0.15, -0.1) is 11.8 Å². The second kappa shape index (κ2) is 5.18. The van der Waals surface area contributed by atoms with Crippen LogP contribution >= 0.6 is 0 Å². The Morgan fingerprint density at radius 3 is 3.06 bits per heavy atom. The predicted octanol–water partition coefficient (Wildman–Crippen LogP) is 1.86. The first kappa shape index (κ1) is 11.2. The highest BCUT2D eigenvalue weighted by Crippen LogP contribution is 2.19. The molecule has 0 unspecified atom stereocenters. The first-order valence-corrected chi connectivity index (χ1v) is 5.95. The van der Waals surface area contributed by atoms with Crippen LogP contribution in [0.4, 0.5) is 0 Å². The van der Waals surface area contributed by atoms with E-state index in [1.165, 1.54) is 24.1 Å². The Labute approximate surface area is 97.2 Å². The van der Waals surface area contributed by atoms with Crippen molar-refractivity contribution in [1.29, 1.82) is 0 Å². The molecular formula is C13H19N3. The predicted molar refractivity (Wildman–Crippen MR) is 64.9 cm³/mol. The van der Waals surface area contributed by atoms with Crippen molar-refractivity contribution in [3.8, 4) is 11.8 Å². The quantitative estimate of drug-likeness (QED) is 0.763. The molecule has 0 atom stereocenters. The zero-order valence-electron chi connectivity index (χ0n) is 10.1. The third-order valence-corrected chi connectivity index (χ3v) is 2.99. The van der Waals surface area contributed by atoms with Crippen LogP contribution in [0.15, 0.2) is 6.20 Å². The fourth-order valence-electron chi connectivity index (χ4n) is 1.71. The molecule has 1 aliphatic carbocycles. The average molecular weight is 217 g/mol. The molecule has 1 N–H and O–H groups in total. The molecule has 3 heteroatoms. The molecule has 0 radical (unpaired) electrons. The van der Waals surface area contributed by atoms with Gasteiger partial charge < -0.3 is 5.32 Å². The number of aromatic nitrogens is 2. The lowest BCUT2D eigenvalue weighted by Gasteiger charge is -2.04. The van der Waals surface area contributed by atoms with E-state index in [2.05, 4.69) is 29.2 Å². The Morgan fingerprint density at radius 2 is 2.38 bits per heavy atom. The smallest absolute Gasteiger partial charge is 0.0537 e. The zero-order valence-corrected chi connectivity index (χ0v) is 10.1. The lowest BCUT2D eigenvalue weighted by atomic mass is 10.2. The van der Waals surface area contributed by atoms with Crippen molar-refractivity contribution < 1.29 is 0 Å². The van der Waals surface area contributed by atoms with Crippen LogP contribution in [0.1, 0.15) is 37.4 Å². The summed E-state index contributed by atoms with van der Waals surface area (Å²) in [5.41, 5.74) is 2.59. The van der Waals surface area contributed by atoms with Gasteiger partial charge in [0.1, 0.15) is 0 Å². The lowest BCUT2D eigenvalue weighted by molar-refractivity contribution is 0.608. The molecule has 86 valence electrons. The Bertz CT molecular complexity index is 405.